The Bertz CT molecular complexity index is 1360. The zero-order valence-corrected chi connectivity index (χ0v) is 20.2. The Kier molecular flexibility index (Phi) is 6.66. The third-order valence-corrected chi connectivity index (χ3v) is 7.06. The lowest BCUT2D eigenvalue weighted by molar-refractivity contribution is -0.125. The summed E-state index contributed by atoms with van der Waals surface area (Å²) in [5.74, 6) is 2.44. The molecule has 0 saturated carbocycles. The highest BCUT2D eigenvalue weighted by molar-refractivity contribution is 7.13. The van der Waals surface area contributed by atoms with Crippen LogP contribution in [0, 0.1) is 12.8 Å². The number of amides is 1. The lowest BCUT2D eigenvalue weighted by Crippen LogP contribution is -2.42. The van der Waals surface area contributed by atoms with Crippen molar-refractivity contribution in [3.05, 3.63) is 70.6 Å². The number of aromatic nitrogens is 6. The molecule has 4 aromatic rings. The van der Waals surface area contributed by atoms with Crippen molar-refractivity contribution in [2.24, 2.45) is 5.92 Å². The predicted molar refractivity (Wildman–Crippen MR) is 134 cm³/mol. The molecule has 1 saturated heterocycles. The molecule has 0 spiro atoms. The summed E-state index contributed by atoms with van der Waals surface area (Å²) >= 11 is 1.57. The van der Waals surface area contributed by atoms with E-state index in [1.807, 2.05) is 41.3 Å². The number of hydrogen-bond acceptors (Lipinski definition) is 8. The molecule has 0 radical (unpaired) electrons. The monoisotopic (exact) mass is 490 g/mol. The number of thiophene rings is 1. The van der Waals surface area contributed by atoms with Crippen molar-refractivity contribution in [2.75, 3.05) is 24.5 Å². The Balaban J connectivity index is 1.13. The van der Waals surface area contributed by atoms with E-state index in [9.17, 15) is 9.59 Å². The molecule has 11 heteroatoms. The van der Waals surface area contributed by atoms with Crippen molar-refractivity contribution in [2.45, 2.75) is 26.3 Å². The van der Waals surface area contributed by atoms with E-state index in [0.29, 0.717) is 13.1 Å². The van der Waals surface area contributed by atoms with Gasteiger partial charge in [0.1, 0.15) is 29.5 Å². The summed E-state index contributed by atoms with van der Waals surface area (Å²) in [6, 6.07) is 9.12. The first-order valence-corrected chi connectivity index (χ1v) is 12.4. The average molecular weight is 491 g/mol. The second kappa shape index (κ2) is 10.2. The standard InChI is InChI=1S/C24H26N8O2S/c1-17-25-8-12-31(17)22-15-21(27-16-28-22)30-10-6-18(7-11-30)24(34)26-9-13-32-23(33)5-4-19(29-32)20-3-2-14-35-20/h2-5,8,12,14-16,18H,6-7,9-11,13H2,1H3,(H,26,34). The molecule has 4 aromatic heterocycles. The first kappa shape index (κ1) is 22.9. The van der Waals surface area contributed by atoms with Crippen LogP contribution in [0.1, 0.15) is 18.7 Å². The van der Waals surface area contributed by atoms with Gasteiger partial charge in [-0.05, 0) is 37.3 Å². The SMILES string of the molecule is Cc1nccn1-c1cc(N2CCC(C(=O)NCCn3nc(-c4cccs4)ccc3=O)CC2)ncn1. The molecular formula is C24H26N8O2S. The normalized spacial score (nSPS) is 14.3. The molecule has 0 atom stereocenters. The minimum Gasteiger partial charge on any atom is -0.356 e. The number of anilines is 1. The number of hydrogen-bond donors (Lipinski definition) is 1. The van der Waals surface area contributed by atoms with E-state index in [1.54, 1.807) is 29.9 Å². The van der Waals surface area contributed by atoms with Crippen LogP contribution in [0.4, 0.5) is 5.82 Å². The number of imidazole rings is 1. The van der Waals surface area contributed by atoms with Gasteiger partial charge in [0.2, 0.25) is 5.91 Å². The van der Waals surface area contributed by atoms with Gasteiger partial charge in [-0.25, -0.2) is 19.6 Å². The fourth-order valence-corrected chi connectivity index (χ4v) is 4.92. The molecular weight excluding hydrogens is 464 g/mol. The van der Waals surface area contributed by atoms with Crippen LogP contribution in [-0.4, -0.2) is 54.8 Å². The van der Waals surface area contributed by atoms with Gasteiger partial charge in [-0.3, -0.25) is 14.2 Å². The van der Waals surface area contributed by atoms with E-state index in [-0.39, 0.29) is 17.4 Å². The van der Waals surface area contributed by atoms with Crippen LogP contribution >= 0.6 is 11.3 Å². The van der Waals surface area contributed by atoms with Crippen LogP contribution in [0.25, 0.3) is 16.4 Å². The summed E-state index contributed by atoms with van der Waals surface area (Å²) in [6.45, 7) is 4.10. The second-order valence-electron chi connectivity index (χ2n) is 8.39. The van der Waals surface area contributed by atoms with Gasteiger partial charge in [-0.2, -0.15) is 5.10 Å². The molecule has 180 valence electrons. The van der Waals surface area contributed by atoms with E-state index in [2.05, 4.69) is 30.3 Å². The van der Waals surface area contributed by atoms with E-state index in [1.165, 1.54) is 10.7 Å². The van der Waals surface area contributed by atoms with Crippen molar-refractivity contribution >= 4 is 23.1 Å². The molecule has 35 heavy (non-hydrogen) atoms. The highest BCUT2D eigenvalue weighted by Crippen LogP contribution is 2.23. The molecule has 5 rings (SSSR count). The Hall–Kier alpha value is -3.86. The molecule has 0 unspecified atom stereocenters. The number of rotatable bonds is 7. The lowest BCUT2D eigenvalue weighted by atomic mass is 9.96. The van der Waals surface area contributed by atoms with Crippen LogP contribution in [0.2, 0.25) is 0 Å². The number of carbonyl (C=O) groups is 1. The van der Waals surface area contributed by atoms with Crippen molar-refractivity contribution < 1.29 is 4.79 Å². The Morgan fingerprint density at radius 2 is 1.97 bits per heavy atom. The van der Waals surface area contributed by atoms with E-state index >= 15 is 0 Å². The molecule has 0 bridgehead atoms. The fraction of sp³-hybridized carbons (Fsp3) is 0.333. The topological polar surface area (TPSA) is 111 Å². The van der Waals surface area contributed by atoms with Gasteiger partial charge in [0.15, 0.2) is 0 Å². The number of carbonyl (C=O) groups excluding carboxylic acids is 1. The molecule has 1 aliphatic heterocycles. The lowest BCUT2D eigenvalue weighted by Gasteiger charge is -2.32. The zero-order chi connectivity index (χ0) is 24.2. The van der Waals surface area contributed by atoms with Crippen LogP contribution < -0.4 is 15.8 Å². The number of nitrogens with one attached hydrogen (secondary N) is 1. The summed E-state index contributed by atoms with van der Waals surface area (Å²) in [6.07, 6.45) is 6.66. The smallest absolute Gasteiger partial charge is 0.266 e. The third-order valence-electron chi connectivity index (χ3n) is 6.16. The van der Waals surface area contributed by atoms with Gasteiger partial charge in [0, 0.05) is 50.1 Å². The minimum atomic E-state index is -0.178. The minimum absolute atomic E-state index is 0.0181. The van der Waals surface area contributed by atoms with Crippen LogP contribution in [0.3, 0.4) is 0 Å². The van der Waals surface area contributed by atoms with Gasteiger partial charge in [-0.15, -0.1) is 11.3 Å². The maximum absolute atomic E-state index is 12.7. The summed E-state index contributed by atoms with van der Waals surface area (Å²) < 4.78 is 3.33. The second-order valence-corrected chi connectivity index (χ2v) is 9.34. The van der Waals surface area contributed by atoms with E-state index in [0.717, 1.165) is 54.0 Å². The maximum Gasteiger partial charge on any atom is 0.266 e. The van der Waals surface area contributed by atoms with E-state index < -0.39 is 0 Å². The molecule has 1 aliphatic rings. The summed E-state index contributed by atoms with van der Waals surface area (Å²) in [4.78, 5) is 41.1. The van der Waals surface area contributed by atoms with Crippen molar-refractivity contribution in [3.63, 3.8) is 0 Å². The van der Waals surface area contributed by atoms with Gasteiger partial charge in [0.25, 0.3) is 5.56 Å². The molecule has 0 aliphatic carbocycles. The first-order valence-electron chi connectivity index (χ1n) is 11.6. The van der Waals surface area contributed by atoms with Gasteiger partial charge >= 0.3 is 0 Å². The zero-order valence-electron chi connectivity index (χ0n) is 19.4. The third kappa shape index (κ3) is 5.14. The fourth-order valence-electron chi connectivity index (χ4n) is 4.23. The molecule has 5 heterocycles. The van der Waals surface area contributed by atoms with Crippen LogP contribution in [0.15, 0.2) is 59.2 Å². The Morgan fingerprint density at radius 1 is 1.14 bits per heavy atom. The first-order chi connectivity index (χ1) is 17.1. The average Bonchev–Trinajstić information content (AvgIpc) is 3.57. The predicted octanol–water partition coefficient (Wildman–Crippen LogP) is 2.29. The molecule has 0 aromatic carbocycles. The Labute approximate surface area is 206 Å². The molecule has 10 nitrogen and oxygen atoms in total. The Morgan fingerprint density at radius 3 is 2.71 bits per heavy atom. The van der Waals surface area contributed by atoms with Gasteiger partial charge in [0.05, 0.1) is 11.4 Å². The summed E-state index contributed by atoms with van der Waals surface area (Å²) in [5, 5.41) is 9.39. The summed E-state index contributed by atoms with van der Waals surface area (Å²) in [5.41, 5.74) is 0.581. The highest BCUT2D eigenvalue weighted by atomic mass is 32.1. The molecule has 1 fully saturated rings. The van der Waals surface area contributed by atoms with Crippen molar-refractivity contribution in [3.8, 4) is 16.4 Å². The summed E-state index contributed by atoms with van der Waals surface area (Å²) in [7, 11) is 0. The highest BCUT2D eigenvalue weighted by Gasteiger charge is 2.25. The largest absolute Gasteiger partial charge is 0.356 e. The van der Waals surface area contributed by atoms with Gasteiger partial charge < -0.3 is 10.2 Å². The number of piperidine rings is 1. The number of nitrogens with zero attached hydrogens (tertiary/aromatic N) is 7. The van der Waals surface area contributed by atoms with Crippen LogP contribution in [-0.2, 0) is 11.3 Å². The van der Waals surface area contributed by atoms with Crippen molar-refractivity contribution in [1.29, 1.82) is 0 Å². The van der Waals surface area contributed by atoms with Crippen LogP contribution in [0.5, 0.6) is 0 Å². The van der Waals surface area contributed by atoms with Crippen molar-refractivity contribution in [1.82, 2.24) is 34.6 Å². The maximum atomic E-state index is 12.7. The molecule has 1 N–H and O–H groups in total. The molecule has 1 amide bonds. The number of aryl methyl sites for hydroxylation is 1. The van der Waals surface area contributed by atoms with Gasteiger partial charge in [-0.1, -0.05) is 6.07 Å². The van der Waals surface area contributed by atoms with E-state index in [4.69, 9.17) is 0 Å². The quantitative estimate of drug-likeness (QED) is 0.423.